The van der Waals surface area contributed by atoms with E-state index in [9.17, 15) is 14.7 Å². The van der Waals surface area contributed by atoms with Gasteiger partial charge in [-0.05, 0) is 43.5 Å². The van der Waals surface area contributed by atoms with Gasteiger partial charge in [0.2, 0.25) is 0 Å². The predicted molar refractivity (Wildman–Crippen MR) is 108 cm³/mol. The fourth-order valence-corrected chi connectivity index (χ4v) is 3.02. The number of carboxylic acids is 1. The summed E-state index contributed by atoms with van der Waals surface area (Å²) in [6, 6.07) is 13.9. The number of aliphatic carboxylic acids is 1. The highest BCUT2D eigenvalue weighted by molar-refractivity contribution is 5.94. The minimum atomic E-state index is -0.932. The summed E-state index contributed by atoms with van der Waals surface area (Å²) in [6.45, 7) is 6.03. The molecule has 0 saturated heterocycles. The fraction of sp³-hybridized carbons (Fsp3) is 0.318. The van der Waals surface area contributed by atoms with Gasteiger partial charge in [-0.25, -0.2) is 0 Å². The lowest BCUT2D eigenvalue weighted by Crippen LogP contribution is -2.34. The van der Waals surface area contributed by atoms with E-state index in [4.69, 9.17) is 0 Å². The first kappa shape index (κ1) is 19.6. The molecule has 3 rings (SSSR count). The maximum atomic E-state index is 12.4. The van der Waals surface area contributed by atoms with Crippen molar-refractivity contribution in [2.24, 2.45) is 5.92 Å². The lowest BCUT2D eigenvalue weighted by molar-refractivity contribution is -0.141. The number of nitrogens with one attached hydrogen (secondary N) is 1. The van der Waals surface area contributed by atoms with Crippen LogP contribution in [0.3, 0.4) is 0 Å². The lowest BCUT2D eigenvalue weighted by atomic mass is 9.97. The van der Waals surface area contributed by atoms with E-state index >= 15 is 0 Å². The molecule has 28 heavy (non-hydrogen) atoms. The van der Waals surface area contributed by atoms with Gasteiger partial charge in [-0.3, -0.25) is 14.3 Å². The third-order valence-corrected chi connectivity index (χ3v) is 4.69. The minimum absolute atomic E-state index is 0.0572. The summed E-state index contributed by atoms with van der Waals surface area (Å²) < 4.78 is 1.71. The molecule has 0 fully saturated rings. The van der Waals surface area contributed by atoms with Crippen LogP contribution in [0.2, 0.25) is 0 Å². The molecule has 146 valence electrons. The van der Waals surface area contributed by atoms with Gasteiger partial charge in [-0.1, -0.05) is 42.5 Å². The van der Waals surface area contributed by atoms with Crippen LogP contribution in [0.15, 0.2) is 54.9 Å². The number of hydrogen-bond acceptors (Lipinski definition) is 3. The maximum absolute atomic E-state index is 12.4. The number of carbonyl (C=O) groups excluding carboxylic acids is 1. The molecule has 0 aliphatic carbocycles. The summed E-state index contributed by atoms with van der Waals surface area (Å²) >= 11 is 0. The highest BCUT2D eigenvalue weighted by Crippen LogP contribution is 2.18. The molecule has 1 amide bonds. The Labute approximate surface area is 164 Å². The molecular formula is C22H25N3O3. The quantitative estimate of drug-likeness (QED) is 0.687. The van der Waals surface area contributed by atoms with Crippen LogP contribution in [0.5, 0.6) is 0 Å². The molecule has 2 aromatic carbocycles. The normalized spacial score (nSPS) is 12.7. The van der Waals surface area contributed by atoms with Crippen LogP contribution in [-0.4, -0.2) is 33.3 Å². The van der Waals surface area contributed by atoms with Crippen molar-refractivity contribution >= 4 is 22.6 Å². The molecule has 1 aromatic heterocycles. The Hall–Kier alpha value is -3.15. The average molecular weight is 379 g/mol. The van der Waals surface area contributed by atoms with Gasteiger partial charge in [0, 0.05) is 12.7 Å². The van der Waals surface area contributed by atoms with E-state index in [-0.39, 0.29) is 18.0 Å². The van der Waals surface area contributed by atoms with E-state index in [1.165, 1.54) is 6.20 Å². The average Bonchev–Trinajstić information content (AvgIpc) is 3.15. The van der Waals surface area contributed by atoms with Crippen molar-refractivity contribution in [1.29, 1.82) is 0 Å². The molecule has 2 N–H and O–H groups in total. The van der Waals surface area contributed by atoms with Gasteiger partial charge in [0.1, 0.15) is 0 Å². The molecule has 6 nitrogen and oxygen atoms in total. The number of carbonyl (C=O) groups is 2. The number of rotatable bonds is 6. The third-order valence-electron chi connectivity index (χ3n) is 4.69. The van der Waals surface area contributed by atoms with Gasteiger partial charge >= 0.3 is 5.97 Å². The molecule has 1 heterocycles. The second-order valence-electron chi connectivity index (χ2n) is 7.98. The fourth-order valence-electron chi connectivity index (χ4n) is 3.02. The summed E-state index contributed by atoms with van der Waals surface area (Å²) in [6.07, 6.45) is 3.52. The largest absolute Gasteiger partial charge is 0.481 e. The zero-order chi connectivity index (χ0) is 20.3. The number of benzene rings is 2. The molecular weight excluding hydrogens is 354 g/mol. The lowest BCUT2D eigenvalue weighted by Gasteiger charge is -2.18. The summed E-state index contributed by atoms with van der Waals surface area (Å²) in [5, 5.41) is 18.7. The van der Waals surface area contributed by atoms with Crippen LogP contribution in [0.1, 0.15) is 36.7 Å². The van der Waals surface area contributed by atoms with Crippen molar-refractivity contribution in [3.05, 3.63) is 66.0 Å². The Balaban J connectivity index is 1.66. The second-order valence-corrected chi connectivity index (χ2v) is 7.98. The van der Waals surface area contributed by atoms with Crippen molar-refractivity contribution in [2.45, 2.75) is 32.7 Å². The van der Waals surface area contributed by atoms with Gasteiger partial charge in [-0.2, -0.15) is 5.10 Å². The first-order valence-electron chi connectivity index (χ1n) is 9.28. The standard InChI is InChI=1S/C22H25N3O3/c1-22(2,3)25-14-19(13-24-25)20(26)23-12-18(21(27)28)11-15-8-9-16-6-4-5-7-17(16)10-15/h4-10,13-14,18H,11-12H2,1-3H3,(H,23,26)(H,27,28). The predicted octanol–water partition coefficient (Wildman–Crippen LogP) is 3.46. The van der Waals surface area contributed by atoms with Crippen LogP contribution >= 0.6 is 0 Å². The molecule has 1 atom stereocenters. The molecule has 0 saturated carbocycles. The topological polar surface area (TPSA) is 84.2 Å². The van der Waals surface area contributed by atoms with E-state index in [2.05, 4.69) is 10.4 Å². The zero-order valence-corrected chi connectivity index (χ0v) is 16.3. The Morgan fingerprint density at radius 2 is 1.86 bits per heavy atom. The number of carboxylic acid groups (broad SMARTS) is 1. The minimum Gasteiger partial charge on any atom is -0.481 e. The highest BCUT2D eigenvalue weighted by Gasteiger charge is 2.21. The van der Waals surface area contributed by atoms with Crippen LogP contribution in [0.25, 0.3) is 10.8 Å². The smallest absolute Gasteiger partial charge is 0.308 e. The van der Waals surface area contributed by atoms with Crippen molar-refractivity contribution in [3.63, 3.8) is 0 Å². The first-order chi connectivity index (χ1) is 13.2. The maximum Gasteiger partial charge on any atom is 0.308 e. The Morgan fingerprint density at radius 1 is 1.14 bits per heavy atom. The Bertz CT molecular complexity index is 1000. The molecule has 0 radical (unpaired) electrons. The molecule has 0 bridgehead atoms. The van der Waals surface area contributed by atoms with Crippen molar-refractivity contribution in [3.8, 4) is 0 Å². The van der Waals surface area contributed by atoms with Gasteiger partial charge in [0.25, 0.3) is 5.91 Å². The van der Waals surface area contributed by atoms with E-state index in [1.807, 2.05) is 63.2 Å². The Morgan fingerprint density at radius 3 is 2.50 bits per heavy atom. The van der Waals surface area contributed by atoms with E-state index < -0.39 is 11.9 Å². The van der Waals surface area contributed by atoms with Crippen LogP contribution in [0.4, 0.5) is 0 Å². The monoisotopic (exact) mass is 379 g/mol. The summed E-state index contributed by atoms with van der Waals surface area (Å²) in [4.78, 5) is 24.1. The van der Waals surface area contributed by atoms with E-state index in [0.717, 1.165) is 16.3 Å². The summed E-state index contributed by atoms with van der Waals surface area (Å²) in [7, 11) is 0. The SMILES string of the molecule is CC(C)(C)n1cc(C(=O)NCC(Cc2ccc3ccccc3c2)C(=O)O)cn1. The summed E-state index contributed by atoms with van der Waals surface area (Å²) in [5.41, 5.74) is 1.13. The first-order valence-corrected chi connectivity index (χ1v) is 9.28. The molecule has 0 spiro atoms. The van der Waals surface area contributed by atoms with E-state index in [0.29, 0.717) is 12.0 Å². The van der Waals surface area contributed by atoms with Gasteiger partial charge in [-0.15, -0.1) is 0 Å². The summed E-state index contributed by atoms with van der Waals surface area (Å²) in [5.74, 6) is -1.96. The molecule has 1 unspecified atom stereocenters. The zero-order valence-electron chi connectivity index (χ0n) is 16.3. The second kappa shape index (κ2) is 7.84. The van der Waals surface area contributed by atoms with Crippen molar-refractivity contribution < 1.29 is 14.7 Å². The molecule has 3 aromatic rings. The number of nitrogens with zero attached hydrogens (tertiary/aromatic N) is 2. The van der Waals surface area contributed by atoms with Gasteiger partial charge < -0.3 is 10.4 Å². The number of fused-ring (bicyclic) bond motifs is 1. The molecule has 0 aliphatic heterocycles. The van der Waals surface area contributed by atoms with Crippen LogP contribution in [0, 0.1) is 5.92 Å². The van der Waals surface area contributed by atoms with Gasteiger partial charge in [0.05, 0.1) is 23.2 Å². The van der Waals surface area contributed by atoms with Crippen molar-refractivity contribution in [1.82, 2.24) is 15.1 Å². The number of aromatic nitrogens is 2. The van der Waals surface area contributed by atoms with Crippen LogP contribution < -0.4 is 5.32 Å². The molecule has 6 heteroatoms. The third kappa shape index (κ3) is 4.57. The van der Waals surface area contributed by atoms with Crippen LogP contribution in [-0.2, 0) is 16.8 Å². The number of hydrogen-bond donors (Lipinski definition) is 2. The highest BCUT2D eigenvalue weighted by atomic mass is 16.4. The Kier molecular flexibility index (Phi) is 5.49. The number of amides is 1. The molecule has 0 aliphatic rings. The van der Waals surface area contributed by atoms with Crippen molar-refractivity contribution in [2.75, 3.05) is 6.54 Å². The van der Waals surface area contributed by atoms with Gasteiger partial charge in [0.15, 0.2) is 0 Å². The van der Waals surface area contributed by atoms with E-state index in [1.54, 1.807) is 10.9 Å².